The molecule has 6 heteroatoms. The largest absolute Gasteiger partial charge is 0.497 e. The van der Waals surface area contributed by atoms with Crippen LogP contribution in [0.3, 0.4) is 0 Å². The topological polar surface area (TPSA) is 75.6 Å². The van der Waals surface area contributed by atoms with E-state index in [1.807, 2.05) is 6.92 Å². The molecule has 1 saturated carbocycles. The van der Waals surface area contributed by atoms with E-state index in [9.17, 15) is 14.7 Å². The summed E-state index contributed by atoms with van der Waals surface area (Å²) >= 11 is 6.14. The zero-order chi connectivity index (χ0) is 17.0. The molecule has 2 atom stereocenters. The first-order valence-electron chi connectivity index (χ1n) is 7.76. The second-order valence-electron chi connectivity index (χ2n) is 6.11. The summed E-state index contributed by atoms with van der Waals surface area (Å²) in [6.07, 6.45) is 3.11. The van der Waals surface area contributed by atoms with Crippen molar-refractivity contribution in [2.75, 3.05) is 7.11 Å². The van der Waals surface area contributed by atoms with Crippen molar-refractivity contribution in [3.8, 4) is 5.75 Å². The third kappa shape index (κ3) is 3.78. The minimum absolute atomic E-state index is 0.0462. The third-order valence-corrected chi connectivity index (χ3v) is 5.01. The van der Waals surface area contributed by atoms with Crippen molar-refractivity contribution in [1.29, 1.82) is 0 Å². The molecular weight excluding hydrogens is 318 g/mol. The number of carboxylic acid groups (broad SMARTS) is 1. The van der Waals surface area contributed by atoms with Crippen molar-refractivity contribution < 1.29 is 19.4 Å². The van der Waals surface area contributed by atoms with Gasteiger partial charge in [-0.2, -0.15) is 0 Å². The van der Waals surface area contributed by atoms with Gasteiger partial charge in [-0.05, 0) is 36.5 Å². The number of carbonyl (C=O) groups excluding carboxylic acids is 1. The number of carboxylic acids is 1. The Labute approximate surface area is 141 Å². The molecule has 1 aliphatic carbocycles. The monoisotopic (exact) mass is 339 g/mol. The van der Waals surface area contributed by atoms with Crippen LogP contribution < -0.4 is 10.1 Å². The predicted molar refractivity (Wildman–Crippen MR) is 87.8 cm³/mol. The van der Waals surface area contributed by atoms with Crippen LogP contribution in [0.25, 0.3) is 0 Å². The molecule has 2 unspecified atom stereocenters. The van der Waals surface area contributed by atoms with E-state index in [1.165, 1.54) is 0 Å². The fourth-order valence-electron chi connectivity index (χ4n) is 3.17. The Balaban J connectivity index is 2.12. The Morgan fingerprint density at radius 2 is 2.17 bits per heavy atom. The second-order valence-corrected chi connectivity index (χ2v) is 6.51. The van der Waals surface area contributed by atoms with Gasteiger partial charge in [-0.1, -0.05) is 37.4 Å². The normalized spacial score (nSPS) is 24.0. The zero-order valence-corrected chi connectivity index (χ0v) is 14.2. The van der Waals surface area contributed by atoms with Crippen LogP contribution in [0, 0.1) is 5.92 Å². The molecule has 2 rings (SSSR count). The summed E-state index contributed by atoms with van der Waals surface area (Å²) in [7, 11) is 1.54. The molecule has 0 radical (unpaired) electrons. The number of aliphatic carboxylic acids is 1. The lowest BCUT2D eigenvalue weighted by Gasteiger charge is -2.39. The van der Waals surface area contributed by atoms with Gasteiger partial charge in [-0.15, -0.1) is 0 Å². The van der Waals surface area contributed by atoms with Gasteiger partial charge in [0, 0.05) is 5.02 Å². The van der Waals surface area contributed by atoms with Crippen LogP contribution >= 0.6 is 11.6 Å². The Kier molecular flexibility index (Phi) is 5.52. The summed E-state index contributed by atoms with van der Waals surface area (Å²) in [6.45, 7) is 1.88. The van der Waals surface area contributed by atoms with Crippen molar-refractivity contribution in [3.63, 3.8) is 0 Å². The SMILES string of the molecule is COc1ccc(CC(=O)NC2(C(=O)O)CCCCC2C)c(Cl)c1. The Morgan fingerprint density at radius 1 is 1.43 bits per heavy atom. The molecule has 126 valence electrons. The molecular formula is C17H22ClNO4. The number of methoxy groups -OCH3 is 1. The van der Waals surface area contributed by atoms with E-state index in [2.05, 4.69) is 5.32 Å². The summed E-state index contributed by atoms with van der Waals surface area (Å²) in [5.41, 5.74) is -0.525. The average molecular weight is 340 g/mol. The van der Waals surface area contributed by atoms with Gasteiger partial charge in [-0.3, -0.25) is 4.79 Å². The summed E-state index contributed by atoms with van der Waals surface area (Å²) in [4.78, 5) is 24.1. The molecule has 0 aromatic heterocycles. The lowest BCUT2D eigenvalue weighted by Crippen LogP contribution is -2.60. The van der Waals surface area contributed by atoms with Gasteiger partial charge in [-0.25, -0.2) is 4.79 Å². The van der Waals surface area contributed by atoms with Crippen LogP contribution in [0.15, 0.2) is 18.2 Å². The van der Waals surface area contributed by atoms with Crippen molar-refractivity contribution in [3.05, 3.63) is 28.8 Å². The number of carbonyl (C=O) groups is 2. The minimum atomic E-state index is -1.17. The van der Waals surface area contributed by atoms with Gasteiger partial charge in [0.1, 0.15) is 11.3 Å². The van der Waals surface area contributed by atoms with E-state index >= 15 is 0 Å². The molecule has 1 aromatic rings. The fraction of sp³-hybridized carbons (Fsp3) is 0.529. The van der Waals surface area contributed by atoms with E-state index < -0.39 is 11.5 Å². The molecule has 1 aliphatic rings. The highest BCUT2D eigenvalue weighted by atomic mass is 35.5. The molecule has 5 nitrogen and oxygen atoms in total. The van der Waals surface area contributed by atoms with Gasteiger partial charge in [0.2, 0.25) is 5.91 Å². The third-order valence-electron chi connectivity index (χ3n) is 4.65. The highest BCUT2D eigenvalue weighted by Crippen LogP contribution is 2.34. The molecule has 0 bridgehead atoms. The molecule has 1 aromatic carbocycles. The van der Waals surface area contributed by atoms with E-state index in [0.717, 1.165) is 19.3 Å². The molecule has 2 N–H and O–H groups in total. The van der Waals surface area contributed by atoms with Crippen LogP contribution in [-0.2, 0) is 16.0 Å². The Hall–Kier alpha value is -1.75. The molecule has 1 amide bonds. The van der Waals surface area contributed by atoms with Crippen molar-refractivity contribution in [2.24, 2.45) is 5.92 Å². The van der Waals surface area contributed by atoms with Crippen LogP contribution in [0.1, 0.15) is 38.2 Å². The van der Waals surface area contributed by atoms with Crippen molar-refractivity contribution >= 4 is 23.5 Å². The maximum Gasteiger partial charge on any atom is 0.329 e. The molecule has 0 aliphatic heterocycles. The Bertz CT molecular complexity index is 604. The van der Waals surface area contributed by atoms with Crippen LogP contribution in [-0.4, -0.2) is 29.6 Å². The van der Waals surface area contributed by atoms with Gasteiger partial charge in [0.15, 0.2) is 0 Å². The maximum atomic E-state index is 12.4. The summed E-state index contributed by atoms with van der Waals surface area (Å²) in [6, 6.07) is 5.09. The van der Waals surface area contributed by atoms with Crippen molar-refractivity contribution in [1.82, 2.24) is 5.32 Å². The summed E-state index contributed by atoms with van der Waals surface area (Å²) in [5.74, 6) is -0.766. The van der Waals surface area contributed by atoms with E-state index in [1.54, 1.807) is 25.3 Å². The summed E-state index contributed by atoms with van der Waals surface area (Å²) in [5, 5.41) is 12.8. The van der Waals surface area contributed by atoms with E-state index in [-0.39, 0.29) is 18.2 Å². The molecule has 0 heterocycles. The fourth-order valence-corrected chi connectivity index (χ4v) is 3.41. The van der Waals surface area contributed by atoms with Crippen molar-refractivity contribution in [2.45, 2.75) is 44.6 Å². The first-order valence-corrected chi connectivity index (χ1v) is 8.13. The predicted octanol–water partition coefficient (Wildman–Crippen LogP) is 3.04. The highest BCUT2D eigenvalue weighted by Gasteiger charge is 2.46. The standard InChI is InChI=1S/C17H22ClNO4/c1-11-5-3-4-8-17(11,16(21)22)19-15(20)9-12-6-7-13(23-2)10-14(12)18/h6-7,10-11H,3-5,8-9H2,1-2H3,(H,19,20)(H,21,22). The maximum absolute atomic E-state index is 12.4. The van der Waals surface area contributed by atoms with Crippen LogP contribution in [0.2, 0.25) is 5.02 Å². The highest BCUT2D eigenvalue weighted by molar-refractivity contribution is 6.31. The smallest absolute Gasteiger partial charge is 0.329 e. The number of amides is 1. The quantitative estimate of drug-likeness (QED) is 0.864. The molecule has 0 spiro atoms. The molecule has 1 fully saturated rings. The number of nitrogens with one attached hydrogen (secondary N) is 1. The first-order chi connectivity index (χ1) is 10.9. The lowest BCUT2D eigenvalue weighted by molar-refractivity contribution is -0.151. The van der Waals surface area contributed by atoms with Gasteiger partial charge < -0.3 is 15.2 Å². The molecule has 0 saturated heterocycles. The van der Waals surface area contributed by atoms with Crippen LogP contribution in [0.5, 0.6) is 5.75 Å². The number of halogens is 1. The number of hydrogen-bond acceptors (Lipinski definition) is 3. The van der Waals surface area contributed by atoms with Gasteiger partial charge >= 0.3 is 5.97 Å². The van der Waals surface area contributed by atoms with Crippen LogP contribution in [0.4, 0.5) is 0 Å². The molecule has 23 heavy (non-hydrogen) atoms. The van der Waals surface area contributed by atoms with Gasteiger partial charge in [0.05, 0.1) is 13.5 Å². The summed E-state index contributed by atoms with van der Waals surface area (Å²) < 4.78 is 5.08. The number of rotatable bonds is 5. The second kappa shape index (κ2) is 7.21. The minimum Gasteiger partial charge on any atom is -0.497 e. The first kappa shape index (κ1) is 17.6. The van der Waals surface area contributed by atoms with E-state index in [0.29, 0.717) is 22.8 Å². The van der Waals surface area contributed by atoms with E-state index in [4.69, 9.17) is 16.3 Å². The van der Waals surface area contributed by atoms with Gasteiger partial charge in [0.25, 0.3) is 0 Å². The Morgan fingerprint density at radius 3 is 2.74 bits per heavy atom. The lowest BCUT2D eigenvalue weighted by atomic mass is 9.73. The number of ether oxygens (including phenoxy) is 1. The zero-order valence-electron chi connectivity index (χ0n) is 13.4. The number of hydrogen-bond donors (Lipinski definition) is 2. The number of benzene rings is 1. The average Bonchev–Trinajstić information content (AvgIpc) is 2.51.